The monoisotopic (exact) mass is 321 g/mol. The van der Waals surface area contributed by atoms with Crippen molar-refractivity contribution >= 4 is 21.6 Å². The quantitative estimate of drug-likeness (QED) is 0.646. The van der Waals surface area contributed by atoms with E-state index in [1.807, 2.05) is 19.1 Å². The highest BCUT2D eigenvalue weighted by atomic mass is 79.9. The van der Waals surface area contributed by atoms with Gasteiger partial charge in [0, 0.05) is 10.5 Å². The van der Waals surface area contributed by atoms with Crippen LogP contribution in [-0.2, 0) is 0 Å². The van der Waals surface area contributed by atoms with E-state index in [1.54, 1.807) is 12.1 Å². The fourth-order valence-electron chi connectivity index (χ4n) is 2.00. The number of halogens is 2. The highest BCUT2D eigenvalue weighted by Gasteiger charge is 2.11. The number of fused-ring (bicyclic) bond motifs is 1. The molecule has 0 atom stereocenters. The number of hydrogen-bond acceptors (Lipinski definition) is 2. The van der Waals surface area contributed by atoms with Crippen LogP contribution in [0.1, 0.15) is 5.56 Å². The lowest BCUT2D eigenvalue weighted by Crippen LogP contribution is -2.21. The molecule has 0 aliphatic carbocycles. The highest BCUT2D eigenvalue weighted by Crippen LogP contribution is 2.20. The molecule has 0 bridgehead atoms. The molecule has 0 saturated heterocycles. The van der Waals surface area contributed by atoms with E-state index >= 15 is 0 Å². The molecule has 2 heterocycles. The molecule has 1 aromatic carbocycles. The summed E-state index contributed by atoms with van der Waals surface area (Å²) < 4.78 is 17.1. The van der Waals surface area contributed by atoms with Crippen LogP contribution in [0.3, 0.4) is 0 Å². The van der Waals surface area contributed by atoms with Gasteiger partial charge < -0.3 is 0 Å². The van der Waals surface area contributed by atoms with Gasteiger partial charge >= 0.3 is 0 Å². The van der Waals surface area contributed by atoms with Gasteiger partial charge in [-0.05, 0) is 30.7 Å². The van der Waals surface area contributed by atoms with Crippen molar-refractivity contribution in [3.63, 3.8) is 0 Å². The Morgan fingerprint density at radius 1 is 1.26 bits per heavy atom. The summed E-state index contributed by atoms with van der Waals surface area (Å²) in [7, 11) is 0. The van der Waals surface area contributed by atoms with Crippen LogP contribution < -0.4 is 5.56 Å². The van der Waals surface area contributed by atoms with E-state index < -0.39 is 11.5 Å². The Morgan fingerprint density at radius 2 is 2.05 bits per heavy atom. The van der Waals surface area contributed by atoms with Gasteiger partial charge in [0.2, 0.25) is 5.95 Å². The molecule has 0 N–H and O–H groups in total. The minimum absolute atomic E-state index is 0.395. The van der Waals surface area contributed by atoms with E-state index in [1.165, 1.54) is 10.8 Å². The van der Waals surface area contributed by atoms with E-state index in [9.17, 15) is 9.18 Å². The van der Waals surface area contributed by atoms with E-state index in [2.05, 4.69) is 21.0 Å². The number of rotatable bonds is 1. The molecule has 0 spiro atoms. The second kappa shape index (κ2) is 4.31. The maximum absolute atomic E-state index is 13.6. The Bertz CT molecular complexity index is 838. The summed E-state index contributed by atoms with van der Waals surface area (Å²) in [6.07, 6.45) is 1.46. The van der Waals surface area contributed by atoms with Crippen LogP contribution in [0.15, 0.2) is 45.8 Å². The smallest absolute Gasteiger partial charge is 0.261 e. The van der Waals surface area contributed by atoms with Crippen molar-refractivity contribution in [2.45, 2.75) is 6.92 Å². The molecule has 6 heteroatoms. The Balaban J connectivity index is 2.39. The third-order valence-corrected chi connectivity index (χ3v) is 3.81. The van der Waals surface area contributed by atoms with Crippen molar-refractivity contribution in [1.29, 1.82) is 0 Å². The summed E-state index contributed by atoms with van der Waals surface area (Å²) in [5, 5.41) is 3.86. The minimum atomic E-state index is -0.671. The number of nitrogens with zero attached hydrogens (tertiary/aromatic N) is 3. The van der Waals surface area contributed by atoms with Gasteiger partial charge in [0.25, 0.3) is 5.56 Å². The summed E-state index contributed by atoms with van der Waals surface area (Å²) in [6, 6.07) is 8.03. The van der Waals surface area contributed by atoms with E-state index in [0.717, 1.165) is 20.6 Å². The predicted octanol–water partition coefficient (Wildman–Crippen LogP) is 2.70. The summed E-state index contributed by atoms with van der Waals surface area (Å²) in [5.74, 6) is -0.671. The van der Waals surface area contributed by atoms with Gasteiger partial charge in [-0.1, -0.05) is 15.9 Å². The van der Waals surface area contributed by atoms with Gasteiger partial charge in [0.05, 0.1) is 18.0 Å². The fourth-order valence-corrected chi connectivity index (χ4v) is 2.24. The average molecular weight is 322 g/mol. The Labute approximate surface area is 116 Å². The van der Waals surface area contributed by atoms with Crippen LogP contribution in [0.25, 0.3) is 11.3 Å². The summed E-state index contributed by atoms with van der Waals surface area (Å²) >= 11 is 3.41. The first-order chi connectivity index (χ1) is 9.08. The lowest BCUT2D eigenvalue weighted by atomic mass is 10.2. The topological polar surface area (TPSA) is 39.3 Å². The van der Waals surface area contributed by atoms with Gasteiger partial charge in [-0.15, -0.1) is 0 Å². The van der Waals surface area contributed by atoms with Crippen LogP contribution in [-0.4, -0.2) is 14.2 Å². The van der Waals surface area contributed by atoms with Gasteiger partial charge in [-0.3, -0.25) is 9.36 Å². The minimum Gasteiger partial charge on any atom is -0.269 e. The van der Waals surface area contributed by atoms with Gasteiger partial charge in [-0.25, -0.2) is 0 Å². The maximum atomic E-state index is 13.6. The van der Waals surface area contributed by atoms with Gasteiger partial charge in [0.1, 0.15) is 5.65 Å². The molecule has 0 aliphatic rings. The highest BCUT2D eigenvalue weighted by molar-refractivity contribution is 9.10. The molecule has 0 unspecified atom stereocenters. The molecule has 96 valence electrons. The zero-order chi connectivity index (χ0) is 13.6. The number of hydrogen-bond donors (Lipinski definition) is 0. The van der Waals surface area contributed by atoms with Crippen LogP contribution >= 0.6 is 15.9 Å². The molecule has 0 amide bonds. The molecule has 19 heavy (non-hydrogen) atoms. The van der Waals surface area contributed by atoms with Gasteiger partial charge in [-0.2, -0.15) is 14.0 Å². The molecule has 2 aromatic heterocycles. The molecular weight excluding hydrogens is 313 g/mol. The number of benzene rings is 1. The summed E-state index contributed by atoms with van der Waals surface area (Å²) in [4.78, 5) is 12.0. The molecule has 0 fully saturated rings. The van der Waals surface area contributed by atoms with E-state index in [-0.39, 0.29) is 0 Å². The SMILES string of the molecule is Cc1cc(-n2c(=O)cc(F)n3nccc23)ccc1Br. The average Bonchev–Trinajstić information content (AvgIpc) is 2.83. The Kier molecular flexibility index (Phi) is 2.74. The second-order valence-electron chi connectivity index (χ2n) is 4.18. The molecular formula is C13H9BrFN3O. The van der Waals surface area contributed by atoms with Crippen LogP contribution in [0.5, 0.6) is 0 Å². The van der Waals surface area contributed by atoms with Crippen molar-refractivity contribution < 1.29 is 4.39 Å². The second-order valence-corrected chi connectivity index (χ2v) is 5.03. The maximum Gasteiger partial charge on any atom is 0.261 e. The fraction of sp³-hybridized carbons (Fsp3) is 0.0769. The molecule has 0 aliphatic heterocycles. The van der Waals surface area contributed by atoms with Crippen molar-refractivity contribution in [2.75, 3.05) is 0 Å². The van der Waals surface area contributed by atoms with Crippen molar-refractivity contribution in [3.05, 3.63) is 62.9 Å². The van der Waals surface area contributed by atoms with E-state index in [0.29, 0.717) is 11.3 Å². The third kappa shape index (κ3) is 1.88. The van der Waals surface area contributed by atoms with Crippen molar-refractivity contribution in [1.82, 2.24) is 14.2 Å². The summed E-state index contributed by atoms with van der Waals surface area (Å²) in [6.45, 7) is 1.93. The lowest BCUT2D eigenvalue weighted by Gasteiger charge is -2.09. The Morgan fingerprint density at radius 3 is 2.79 bits per heavy atom. The number of aryl methyl sites for hydroxylation is 1. The summed E-state index contributed by atoms with van der Waals surface area (Å²) in [5.41, 5.74) is 1.64. The first kappa shape index (κ1) is 12.1. The molecule has 3 aromatic rings. The zero-order valence-electron chi connectivity index (χ0n) is 9.97. The lowest BCUT2D eigenvalue weighted by molar-refractivity contribution is 0.535. The van der Waals surface area contributed by atoms with Crippen molar-refractivity contribution in [3.8, 4) is 5.69 Å². The third-order valence-electron chi connectivity index (χ3n) is 2.92. The molecule has 3 rings (SSSR count). The van der Waals surface area contributed by atoms with E-state index in [4.69, 9.17) is 0 Å². The number of aromatic nitrogens is 3. The zero-order valence-corrected chi connectivity index (χ0v) is 11.6. The van der Waals surface area contributed by atoms with Crippen LogP contribution in [0.2, 0.25) is 0 Å². The van der Waals surface area contributed by atoms with Crippen LogP contribution in [0.4, 0.5) is 4.39 Å². The largest absolute Gasteiger partial charge is 0.269 e. The first-order valence-electron chi connectivity index (χ1n) is 5.60. The van der Waals surface area contributed by atoms with Gasteiger partial charge in [0.15, 0.2) is 0 Å². The Hall–Kier alpha value is -1.95. The molecule has 0 radical (unpaired) electrons. The standard InChI is InChI=1S/C13H9BrFN3O/c1-8-6-9(2-3-10(8)14)17-12-4-5-16-18(12)11(15)7-13(17)19/h2-7H,1H3. The first-order valence-corrected chi connectivity index (χ1v) is 6.39. The molecule has 4 nitrogen and oxygen atoms in total. The normalized spacial score (nSPS) is 11.1. The predicted molar refractivity (Wildman–Crippen MR) is 73.2 cm³/mol. The van der Waals surface area contributed by atoms with Crippen molar-refractivity contribution in [2.24, 2.45) is 0 Å². The molecule has 0 saturated carbocycles. The van der Waals surface area contributed by atoms with Crippen LogP contribution in [0, 0.1) is 12.9 Å².